The van der Waals surface area contributed by atoms with Crippen molar-refractivity contribution in [3.05, 3.63) is 93.6 Å². The first kappa shape index (κ1) is 24.6. The van der Waals surface area contributed by atoms with Gasteiger partial charge in [0.2, 0.25) is 5.91 Å². The lowest BCUT2D eigenvalue weighted by Crippen LogP contribution is -2.39. The number of piperidine rings is 1. The predicted molar refractivity (Wildman–Crippen MR) is 137 cm³/mol. The van der Waals surface area contributed by atoms with Crippen molar-refractivity contribution in [1.82, 2.24) is 20.2 Å². The van der Waals surface area contributed by atoms with E-state index in [1.54, 1.807) is 6.20 Å². The van der Waals surface area contributed by atoms with Crippen LogP contribution < -0.4 is 5.32 Å². The number of benzene rings is 2. The molecule has 2 heterocycles. The Morgan fingerprint density at radius 2 is 1.63 bits per heavy atom. The van der Waals surface area contributed by atoms with Crippen LogP contribution in [0.4, 0.5) is 0 Å². The van der Waals surface area contributed by atoms with Crippen molar-refractivity contribution < 1.29 is 9.59 Å². The maximum atomic E-state index is 13.1. The summed E-state index contributed by atoms with van der Waals surface area (Å²) >= 11 is 0. The minimum atomic E-state index is -0.155. The maximum Gasteiger partial charge on any atom is 0.254 e. The van der Waals surface area contributed by atoms with Crippen molar-refractivity contribution in [2.45, 2.75) is 59.4 Å². The molecule has 1 saturated heterocycles. The molecule has 182 valence electrons. The molecule has 1 aromatic heterocycles. The number of aromatic nitrogens is 2. The number of likely N-dealkylation sites (tertiary alicyclic amines) is 1. The molecular formula is C29H34N4O2. The van der Waals surface area contributed by atoms with E-state index in [2.05, 4.69) is 53.4 Å². The quantitative estimate of drug-likeness (QED) is 0.572. The van der Waals surface area contributed by atoms with Crippen LogP contribution in [-0.4, -0.2) is 39.8 Å². The molecule has 0 unspecified atom stereocenters. The molecule has 2 aromatic carbocycles. The zero-order valence-corrected chi connectivity index (χ0v) is 21.1. The standard InChI is InChI=1S/C29H34N4O2/c1-19-6-5-7-23(13-19)16-27(34)33-10-8-25(9-11-33)28-26(18-30-22(4)32-28)29(35)31-17-24-14-20(2)12-21(3)15-24/h5-7,12-15,18,25H,8-11,16-17H2,1-4H3,(H,31,35). The second-order valence-corrected chi connectivity index (χ2v) is 9.72. The van der Waals surface area contributed by atoms with E-state index in [0.29, 0.717) is 37.4 Å². The molecule has 0 saturated carbocycles. The van der Waals surface area contributed by atoms with Crippen molar-refractivity contribution in [2.75, 3.05) is 13.1 Å². The Morgan fingerprint density at radius 1 is 0.943 bits per heavy atom. The first-order valence-electron chi connectivity index (χ1n) is 12.3. The molecule has 1 N–H and O–H groups in total. The highest BCUT2D eigenvalue weighted by Crippen LogP contribution is 2.29. The summed E-state index contributed by atoms with van der Waals surface area (Å²) < 4.78 is 0. The summed E-state index contributed by atoms with van der Waals surface area (Å²) in [7, 11) is 0. The second kappa shape index (κ2) is 10.8. The largest absolute Gasteiger partial charge is 0.348 e. The van der Waals surface area contributed by atoms with Gasteiger partial charge in [0, 0.05) is 31.7 Å². The van der Waals surface area contributed by atoms with Crippen LogP contribution in [0.5, 0.6) is 0 Å². The molecule has 3 aromatic rings. The average Bonchev–Trinajstić information content (AvgIpc) is 2.82. The van der Waals surface area contributed by atoms with Gasteiger partial charge < -0.3 is 10.2 Å². The molecule has 6 nitrogen and oxygen atoms in total. The van der Waals surface area contributed by atoms with Crippen LogP contribution in [0.3, 0.4) is 0 Å². The maximum absolute atomic E-state index is 13.1. The van der Waals surface area contributed by atoms with E-state index in [-0.39, 0.29) is 17.7 Å². The third kappa shape index (κ3) is 6.32. The molecule has 1 aliphatic heterocycles. The Kier molecular flexibility index (Phi) is 7.59. The number of hydrogen-bond acceptors (Lipinski definition) is 4. The first-order valence-corrected chi connectivity index (χ1v) is 12.3. The van der Waals surface area contributed by atoms with Gasteiger partial charge in [-0.2, -0.15) is 0 Å². The Labute approximate surface area is 207 Å². The first-order chi connectivity index (χ1) is 16.8. The Hall–Kier alpha value is -3.54. The predicted octanol–water partition coefficient (Wildman–Crippen LogP) is 4.59. The summed E-state index contributed by atoms with van der Waals surface area (Å²) in [6, 6.07) is 14.4. The Balaban J connectivity index is 1.40. The van der Waals surface area contributed by atoms with Crippen molar-refractivity contribution in [3.8, 4) is 0 Å². The number of rotatable bonds is 6. The zero-order valence-electron chi connectivity index (χ0n) is 21.1. The molecule has 6 heteroatoms. The third-order valence-electron chi connectivity index (χ3n) is 6.59. The van der Waals surface area contributed by atoms with Crippen LogP contribution in [0.2, 0.25) is 0 Å². The molecule has 0 bridgehead atoms. The minimum absolute atomic E-state index is 0.127. The lowest BCUT2D eigenvalue weighted by molar-refractivity contribution is -0.131. The topological polar surface area (TPSA) is 75.2 Å². The summed E-state index contributed by atoms with van der Waals surface area (Å²) in [6.45, 7) is 9.80. The number of hydrogen-bond donors (Lipinski definition) is 1. The third-order valence-corrected chi connectivity index (χ3v) is 6.59. The van der Waals surface area contributed by atoms with Gasteiger partial charge in [-0.15, -0.1) is 0 Å². The van der Waals surface area contributed by atoms with Gasteiger partial charge in [-0.25, -0.2) is 9.97 Å². The number of amides is 2. The lowest BCUT2D eigenvalue weighted by atomic mass is 9.90. The van der Waals surface area contributed by atoms with Crippen molar-refractivity contribution in [2.24, 2.45) is 0 Å². The molecule has 0 aliphatic carbocycles. The van der Waals surface area contributed by atoms with Gasteiger partial charge in [-0.1, -0.05) is 59.2 Å². The molecule has 0 radical (unpaired) electrons. The molecule has 4 rings (SSSR count). The number of nitrogens with one attached hydrogen (secondary N) is 1. The van der Waals surface area contributed by atoms with Crippen LogP contribution in [0.25, 0.3) is 0 Å². The number of nitrogens with zero attached hydrogens (tertiary/aromatic N) is 3. The normalized spacial score (nSPS) is 14.1. The second-order valence-electron chi connectivity index (χ2n) is 9.72. The molecule has 0 spiro atoms. The molecule has 1 fully saturated rings. The minimum Gasteiger partial charge on any atom is -0.348 e. The molecule has 1 aliphatic rings. The average molecular weight is 471 g/mol. The van der Waals surface area contributed by atoms with Crippen molar-refractivity contribution in [3.63, 3.8) is 0 Å². The smallest absolute Gasteiger partial charge is 0.254 e. The molecule has 35 heavy (non-hydrogen) atoms. The monoisotopic (exact) mass is 470 g/mol. The van der Waals surface area contributed by atoms with Gasteiger partial charge in [-0.05, 0) is 51.7 Å². The van der Waals surface area contributed by atoms with Gasteiger partial charge in [-0.3, -0.25) is 9.59 Å². The van der Waals surface area contributed by atoms with E-state index in [9.17, 15) is 9.59 Å². The zero-order chi connectivity index (χ0) is 24.9. The summed E-state index contributed by atoms with van der Waals surface area (Å²) in [5.74, 6) is 0.780. The number of carbonyl (C=O) groups is 2. The van der Waals surface area contributed by atoms with Crippen LogP contribution >= 0.6 is 0 Å². The fourth-order valence-electron chi connectivity index (χ4n) is 4.93. The lowest BCUT2D eigenvalue weighted by Gasteiger charge is -2.32. The van der Waals surface area contributed by atoms with Gasteiger partial charge in [0.25, 0.3) is 5.91 Å². The highest BCUT2D eigenvalue weighted by atomic mass is 16.2. The summed E-state index contributed by atoms with van der Waals surface area (Å²) in [6.07, 6.45) is 3.63. The Morgan fingerprint density at radius 3 is 2.31 bits per heavy atom. The molecule has 2 amide bonds. The van der Waals surface area contributed by atoms with Gasteiger partial charge in [0.05, 0.1) is 17.7 Å². The van der Waals surface area contributed by atoms with E-state index >= 15 is 0 Å². The SMILES string of the molecule is Cc1cc(C)cc(CNC(=O)c2cnc(C)nc2C2CCN(C(=O)Cc3cccc(C)c3)CC2)c1. The summed E-state index contributed by atoms with van der Waals surface area (Å²) in [5, 5.41) is 3.04. The highest BCUT2D eigenvalue weighted by Gasteiger charge is 2.28. The van der Waals surface area contributed by atoms with Crippen LogP contribution in [-0.2, 0) is 17.8 Å². The van der Waals surface area contributed by atoms with Crippen molar-refractivity contribution in [1.29, 1.82) is 0 Å². The van der Waals surface area contributed by atoms with E-state index < -0.39 is 0 Å². The van der Waals surface area contributed by atoms with Crippen LogP contribution in [0.1, 0.15) is 68.5 Å². The van der Waals surface area contributed by atoms with E-state index in [1.165, 1.54) is 11.1 Å². The molecular weight excluding hydrogens is 436 g/mol. The molecule has 0 atom stereocenters. The van der Waals surface area contributed by atoms with Gasteiger partial charge >= 0.3 is 0 Å². The van der Waals surface area contributed by atoms with E-state index in [4.69, 9.17) is 0 Å². The van der Waals surface area contributed by atoms with E-state index in [0.717, 1.165) is 35.2 Å². The number of aryl methyl sites for hydroxylation is 4. The highest BCUT2D eigenvalue weighted by molar-refractivity contribution is 5.95. The van der Waals surface area contributed by atoms with Crippen molar-refractivity contribution >= 4 is 11.8 Å². The van der Waals surface area contributed by atoms with Gasteiger partial charge in [0.1, 0.15) is 5.82 Å². The van der Waals surface area contributed by atoms with Crippen LogP contribution in [0, 0.1) is 27.7 Å². The summed E-state index contributed by atoms with van der Waals surface area (Å²) in [5.41, 5.74) is 6.97. The Bertz CT molecular complexity index is 1210. The summed E-state index contributed by atoms with van der Waals surface area (Å²) in [4.78, 5) is 36.9. The number of carbonyl (C=O) groups excluding carboxylic acids is 2. The van der Waals surface area contributed by atoms with Crippen LogP contribution in [0.15, 0.2) is 48.7 Å². The van der Waals surface area contributed by atoms with Gasteiger partial charge in [0.15, 0.2) is 0 Å². The fraction of sp³-hybridized carbons (Fsp3) is 0.379. The fourth-order valence-corrected chi connectivity index (χ4v) is 4.93. The van der Waals surface area contributed by atoms with E-state index in [1.807, 2.05) is 36.9 Å².